The predicted molar refractivity (Wildman–Crippen MR) is 110 cm³/mol. The zero-order valence-electron chi connectivity index (χ0n) is 16.3. The number of carbonyl (C=O) groups is 2. The van der Waals surface area contributed by atoms with Gasteiger partial charge in [-0.2, -0.15) is 0 Å². The van der Waals surface area contributed by atoms with Crippen LogP contribution in [0.2, 0.25) is 5.02 Å². The van der Waals surface area contributed by atoms with E-state index in [2.05, 4.69) is 5.32 Å². The number of hydrogen-bond donors (Lipinski definition) is 1. The van der Waals surface area contributed by atoms with E-state index in [-0.39, 0.29) is 24.9 Å². The van der Waals surface area contributed by atoms with Gasteiger partial charge in [0.05, 0.1) is 13.1 Å². The van der Waals surface area contributed by atoms with Crippen molar-refractivity contribution in [2.75, 3.05) is 32.5 Å². The molecule has 0 bridgehead atoms. The van der Waals surface area contributed by atoms with Crippen LogP contribution < -0.4 is 5.32 Å². The lowest BCUT2D eigenvalue weighted by Crippen LogP contribution is -2.40. The van der Waals surface area contributed by atoms with Gasteiger partial charge >= 0.3 is 0 Å². The summed E-state index contributed by atoms with van der Waals surface area (Å²) < 4.78 is 0. The van der Waals surface area contributed by atoms with Crippen LogP contribution in [0.15, 0.2) is 42.5 Å². The molecule has 0 aliphatic carbocycles. The number of anilines is 1. The van der Waals surface area contributed by atoms with Crippen molar-refractivity contribution in [3.63, 3.8) is 0 Å². The minimum absolute atomic E-state index is 0.0153. The van der Waals surface area contributed by atoms with Crippen LogP contribution in [0.5, 0.6) is 0 Å². The van der Waals surface area contributed by atoms with Gasteiger partial charge in [0, 0.05) is 24.3 Å². The number of aryl methyl sites for hydroxylation is 2. The molecule has 27 heavy (non-hydrogen) atoms. The molecule has 2 rings (SSSR count). The van der Waals surface area contributed by atoms with E-state index in [1.165, 1.54) is 4.90 Å². The van der Waals surface area contributed by atoms with Crippen LogP contribution in [0.4, 0.5) is 5.69 Å². The monoisotopic (exact) mass is 387 g/mol. The number of nitrogens with zero attached hydrogens (tertiary/aromatic N) is 2. The average Bonchev–Trinajstić information content (AvgIpc) is 2.60. The Morgan fingerprint density at radius 3 is 2.15 bits per heavy atom. The molecule has 0 aliphatic heterocycles. The molecule has 0 spiro atoms. The SMILES string of the molecule is Cc1cccc(C)c1NC(=O)CN(C)C(=O)CN(C)Cc1ccc(Cl)cc1. The molecule has 2 aromatic rings. The van der Waals surface area contributed by atoms with Gasteiger partial charge in [-0.05, 0) is 49.7 Å². The number of amides is 2. The molecule has 0 heterocycles. The minimum atomic E-state index is -0.205. The molecule has 0 saturated carbocycles. The van der Waals surface area contributed by atoms with Gasteiger partial charge in [-0.3, -0.25) is 14.5 Å². The third kappa shape index (κ3) is 6.38. The molecule has 2 amide bonds. The predicted octanol–water partition coefficient (Wildman–Crippen LogP) is 3.49. The third-order valence-corrected chi connectivity index (χ3v) is 4.57. The number of para-hydroxylation sites is 1. The van der Waals surface area contributed by atoms with Gasteiger partial charge in [0.25, 0.3) is 0 Å². The van der Waals surface area contributed by atoms with Crippen LogP contribution in [-0.2, 0) is 16.1 Å². The van der Waals surface area contributed by atoms with Crippen LogP contribution >= 0.6 is 11.6 Å². The smallest absolute Gasteiger partial charge is 0.243 e. The van der Waals surface area contributed by atoms with Crippen LogP contribution in [0.1, 0.15) is 16.7 Å². The van der Waals surface area contributed by atoms with Crippen LogP contribution in [0, 0.1) is 13.8 Å². The van der Waals surface area contributed by atoms with Crippen molar-refractivity contribution in [1.29, 1.82) is 0 Å². The molecule has 0 aliphatic rings. The molecule has 144 valence electrons. The first kappa shape index (κ1) is 20.9. The Morgan fingerprint density at radius 2 is 1.56 bits per heavy atom. The Labute approximate surface area is 165 Å². The maximum atomic E-state index is 12.4. The first-order valence-corrected chi connectivity index (χ1v) is 9.17. The van der Waals surface area contributed by atoms with Crippen molar-refractivity contribution in [2.45, 2.75) is 20.4 Å². The maximum absolute atomic E-state index is 12.4. The summed E-state index contributed by atoms with van der Waals surface area (Å²) in [6, 6.07) is 13.4. The zero-order chi connectivity index (χ0) is 20.0. The van der Waals surface area contributed by atoms with E-state index in [1.54, 1.807) is 7.05 Å². The van der Waals surface area contributed by atoms with Gasteiger partial charge in [-0.25, -0.2) is 0 Å². The number of rotatable bonds is 7. The lowest BCUT2D eigenvalue weighted by Gasteiger charge is -2.22. The van der Waals surface area contributed by atoms with E-state index in [9.17, 15) is 9.59 Å². The molecule has 6 heteroatoms. The summed E-state index contributed by atoms with van der Waals surface area (Å²) in [5.41, 5.74) is 3.88. The summed E-state index contributed by atoms with van der Waals surface area (Å²) in [7, 11) is 3.51. The number of benzene rings is 2. The summed E-state index contributed by atoms with van der Waals surface area (Å²) in [6.07, 6.45) is 0. The number of hydrogen-bond acceptors (Lipinski definition) is 3. The molecular formula is C21H26ClN3O2. The normalized spacial score (nSPS) is 10.7. The van der Waals surface area contributed by atoms with Gasteiger partial charge in [0.1, 0.15) is 0 Å². The van der Waals surface area contributed by atoms with E-state index in [0.29, 0.717) is 11.6 Å². The molecule has 0 atom stereocenters. The lowest BCUT2D eigenvalue weighted by molar-refractivity contribution is -0.134. The Bertz CT molecular complexity index is 785. The van der Waals surface area contributed by atoms with E-state index >= 15 is 0 Å². The van der Waals surface area contributed by atoms with E-state index in [4.69, 9.17) is 11.6 Å². The second-order valence-electron chi connectivity index (χ2n) is 6.86. The molecule has 0 radical (unpaired) electrons. The third-order valence-electron chi connectivity index (χ3n) is 4.32. The molecule has 0 unspecified atom stereocenters. The Morgan fingerprint density at radius 1 is 0.963 bits per heavy atom. The molecule has 0 saturated heterocycles. The fraction of sp³-hybridized carbons (Fsp3) is 0.333. The van der Waals surface area contributed by atoms with Gasteiger partial charge in [-0.1, -0.05) is 41.9 Å². The van der Waals surface area contributed by atoms with Crippen molar-refractivity contribution in [2.24, 2.45) is 0 Å². The van der Waals surface area contributed by atoms with Gasteiger partial charge in [0.15, 0.2) is 0 Å². The highest BCUT2D eigenvalue weighted by Crippen LogP contribution is 2.19. The summed E-state index contributed by atoms with van der Waals surface area (Å²) in [6.45, 7) is 4.77. The second-order valence-corrected chi connectivity index (χ2v) is 7.30. The summed E-state index contributed by atoms with van der Waals surface area (Å²) in [5.74, 6) is -0.313. The van der Waals surface area contributed by atoms with E-state index in [0.717, 1.165) is 22.4 Å². The highest BCUT2D eigenvalue weighted by Gasteiger charge is 2.16. The van der Waals surface area contributed by atoms with Gasteiger partial charge < -0.3 is 10.2 Å². The molecule has 2 aromatic carbocycles. The fourth-order valence-corrected chi connectivity index (χ4v) is 2.93. The second kappa shape index (κ2) is 9.53. The quantitative estimate of drug-likeness (QED) is 0.791. The Kier molecular flexibility index (Phi) is 7.39. The van der Waals surface area contributed by atoms with Crippen molar-refractivity contribution < 1.29 is 9.59 Å². The first-order chi connectivity index (χ1) is 12.8. The topological polar surface area (TPSA) is 52.7 Å². The lowest BCUT2D eigenvalue weighted by atomic mass is 10.1. The van der Waals surface area contributed by atoms with E-state index < -0.39 is 0 Å². The number of likely N-dealkylation sites (N-methyl/N-ethyl adjacent to an activating group) is 2. The number of carbonyl (C=O) groups excluding carboxylic acids is 2. The van der Waals surface area contributed by atoms with Crippen molar-refractivity contribution in [3.05, 3.63) is 64.2 Å². The maximum Gasteiger partial charge on any atom is 0.243 e. The van der Waals surface area contributed by atoms with Gasteiger partial charge in [0.2, 0.25) is 11.8 Å². The van der Waals surface area contributed by atoms with Crippen molar-refractivity contribution in [3.8, 4) is 0 Å². The Balaban J connectivity index is 1.85. The molecule has 5 nitrogen and oxygen atoms in total. The highest BCUT2D eigenvalue weighted by atomic mass is 35.5. The molecular weight excluding hydrogens is 362 g/mol. The molecule has 0 fully saturated rings. The van der Waals surface area contributed by atoms with Gasteiger partial charge in [-0.15, -0.1) is 0 Å². The fourth-order valence-electron chi connectivity index (χ4n) is 2.80. The summed E-state index contributed by atoms with van der Waals surface area (Å²) in [4.78, 5) is 28.1. The standard InChI is InChI=1S/C21H26ClN3O2/c1-15-6-5-7-16(2)21(15)23-19(26)13-25(4)20(27)14-24(3)12-17-8-10-18(22)11-9-17/h5-11H,12-14H2,1-4H3,(H,23,26). The minimum Gasteiger partial charge on any atom is -0.335 e. The largest absolute Gasteiger partial charge is 0.335 e. The average molecular weight is 388 g/mol. The number of nitrogens with one attached hydrogen (secondary N) is 1. The van der Waals surface area contributed by atoms with Crippen molar-refractivity contribution in [1.82, 2.24) is 9.80 Å². The summed E-state index contributed by atoms with van der Waals surface area (Å²) >= 11 is 5.89. The van der Waals surface area contributed by atoms with Crippen LogP contribution in [-0.4, -0.2) is 48.8 Å². The summed E-state index contributed by atoms with van der Waals surface area (Å²) in [5, 5.41) is 3.59. The Hall–Kier alpha value is -2.37. The first-order valence-electron chi connectivity index (χ1n) is 8.79. The van der Waals surface area contributed by atoms with Crippen LogP contribution in [0.3, 0.4) is 0 Å². The highest BCUT2D eigenvalue weighted by molar-refractivity contribution is 6.30. The zero-order valence-corrected chi connectivity index (χ0v) is 17.0. The molecule has 1 N–H and O–H groups in total. The van der Waals surface area contributed by atoms with E-state index in [1.807, 2.05) is 68.3 Å². The number of halogens is 1. The molecule has 0 aromatic heterocycles. The van der Waals surface area contributed by atoms with Crippen LogP contribution in [0.25, 0.3) is 0 Å². The van der Waals surface area contributed by atoms with Crippen molar-refractivity contribution >= 4 is 29.1 Å².